The van der Waals surface area contributed by atoms with Crippen LogP contribution in [0.5, 0.6) is 0 Å². The summed E-state index contributed by atoms with van der Waals surface area (Å²) < 4.78 is 0. The molecule has 0 radical (unpaired) electrons. The van der Waals surface area contributed by atoms with Gasteiger partial charge in [-0.3, -0.25) is 9.59 Å². The van der Waals surface area contributed by atoms with Gasteiger partial charge in [-0.05, 0) is 76.0 Å². The molecule has 0 aliphatic heterocycles. The number of aromatic amines is 2. The number of rotatable bonds is 6. The Hall–Kier alpha value is -2.96. The molecule has 0 spiro atoms. The van der Waals surface area contributed by atoms with Crippen LogP contribution in [0.2, 0.25) is 0 Å². The van der Waals surface area contributed by atoms with Gasteiger partial charge in [0, 0.05) is 35.8 Å². The number of carbonyl (C=O) groups excluding carboxylic acids is 2. The standard InChI is InChI=1S/C23H26N4O2/c1-24-10-8-14-12-25-18-6-4-17(23(29)20(14)18)16-5-7-19(28)21-15(9-11-27(2)3)13-26-22(16)21/h4-7,12-13,24-26H,8-11H2,1-3H3. The van der Waals surface area contributed by atoms with Crippen LogP contribution in [0.15, 0.2) is 36.2 Å². The molecule has 3 N–H and O–H groups in total. The molecule has 2 aliphatic carbocycles. The normalized spacial score (nSPS) is 17.9. The Morgan fingerprint density at radius 1 is 0.897 bits per heavy atom. The zero-order valence-electron chi connectivity index (χ0n) is 17.1. The maximum atomic E-state index is 13.4. The van der Waals surface area contributed by atoms with E-state index in [4.69, 9.17) is 0 Å². The van der Waals surface area contributed by atoms with Crippen molar-refractivity contribution >= 4 is 23.2 Å². The molecule has 0 unspecified atom stereocenters. The van der Waals surface area contributed by atoms with E-state index >= 15 is 0 Å². The highest BCUT2D eigenvalue weighted by Crippen LogP contribution is 2.35. The number of hydrogen-bond acceptors (Lipinski definition) is 4. The Bertz CT molecular complexity index is 1060. The summed E-state index contributed by atoms with van der Waals surface area (Å²) in [5.74, 6) is -0.0112. The maximum Gasteiger partial charge on any atom is 0.196 e. The highest BCUT2D eigenvalue weighted by atomic mass is 16.1. The SMILES string of the molecule is CNCCc1c[nH]c2c1C(=O)C(=C1C=CC(=O)c3c(CCN(C)C)c[nH]c31)C=C2. The minimum atomic E-state index is -0.0105. The average Bonchev–Trinajstić information content (AvgIpc) is 3.31. The zero-order valence-corrected chi connectivity index (χ0v) is 17.1. The number of hydrogen-bond donors (Lipinski definition) is 3. The zero-order chi connectivity index (χ0) is 20.5. The molecule has 0 amide bonds. The van der Waals surface area contributed by atoms with Crippen LogP contribution in [0.1, 0.15) is 43.2 Å². The van der Waals surface area contributed by atoms with Gasteiger partial charge in [0.15, 0.2) is 11.6 Å². The first-order valence-corrected chi connectivity index (χ1v) is 9.91. The monoisotopic (exact) mass is 390 g/mol. The second-order valence-corrected chi connectivity index (χ2v) is 7.76. The van der Waals surface area contributed by atoms with Crippen LogP contribution in [0.25, 0.3) is 11.6 Å². The third kappa shape index (κ3) is 3.45. The highest BCUT2D eigenvalue weighted by molar-refractivity contribution is 6.23. The second kappa shape index (κ2) is 7.81. The summed E-state index contributed by atoms with van der Waals surface area (Å²) in [6.45, 7) is 1.66. The molecule has 0 atom stereocenters. The summed E-state index contributed by atoms with van der Waals surface area (Å²) in [6.07, 6.45) is 12.5. The number of allylic oxidation sites excluding steroid dienone is 5. The van der Waals surface area contributed by atoms with Crippen LogP contribution in [0.4, 0.5) is 0 Å². The quantitative estimate of drug-likeness (QED) is 0.663. The molecule has 2 heterocycles. The van der Waals surface area contributed by atoms with E-state index in [1.165, 1.54) is 0 Å². The lowest BCUT2D eigenvalue weighted by molar-refractivity contribution is 0.102. The van der Waals surface area contributed by atoms with Gasteiger partial charge in [-0.15, -0.1) is 0 Å². The van der Waals surface area contributed by atoms with Crippen LogP contribution in [-0.2, 0) is 12.8 Å². The summed E-state index contributed by atoms with van der Waals surface area (Å²) in [5.41, 5.74) is 6.41. The smallest absolute Gasteiger partial charge is 0.196 e. The minimum absolute atomic E-state index is 0.000700. The molecule has 0 fully saturated rings. The van der Waals surface area contributed by atoms with Crippen LogP contribution in [0, 0.1) is 0 Å². The highest BCUT2D eigenvalue weighted by Gasteiger charge is 2.29. The molecular formula is C23H26N4O2. The van der Waals surface area contributed by atoms with Gasteiger partial charge in [-0.2, -0.15) is 0 Å². The van der Waals surface area contributed by atoms with Crippen molar-refractivity contribution in [2.45, 2.75) is 12.8 Å². The van der Waals surface area contributed by atoms with E-state index in [0.29, 0.717) is 11.1 Å². The number of aromatic nitrogens is 2. The fourth-order valence-electron chi connectivity index (χ4n) is 3.98. The molecule has 2 aromatic heterocycles. The van der Waals surface area contributed by atoms with Crippen molar-refractivity contribution in [3.8, 4) is 0 Å². The van der Waals surface area contributed by atoms with E-state index in [1.807, 2.05) is 45.7 Å². The lowest BCUT2D eigenvalue weighted by Gasteiger charge is -2.17. The van der Waals surface area contributed by atoms with E-state index in [1.54, 1.807) is 12.2 Å². The van der Waals surface area contributed by atoms with Gasteiger partial charge in [0.2, 0.25) is 0 Å². The van der Waals surface area contributed by atoms with Crippen molar-refractivity contribution in [1.29, 1.82) is 0 Å². The third-order valence-electron chi connectivity index (χ3n) is 5.52. The number of nitrogens with zero attached hydrogens (tertiary/aromatic N) is 1. The predicted molar refractivity (Wildman–Crippen MR) is 115 cm³/mol. The van der Waals surface area contributed by atoms with Crippen molar-refractivity contribution in [3.05, 3.63) is 69.8 Å². The third-order valence-corrected chi connectivity index (χ3v) is 5.52. The van der Waals surface area contributed by atoms with Crippen molar-refractivity contribution in [2.75, 3.05) is 34.2 Å². The van der Waals surface area contributed by atoms with Crippen LogP contribution >= 0.6 is 0 Å². The molecule has 150 valence electrons. The maximum absolute atomic E-state index is 13.4. The van der Waals surface area contributed by atoms with Gasteiger partial charge in [-0.1, -0.05) is 0 Å². The van der Waals surface area contributed by atoms with Crippen molar-refractivity contribution in [2.24, 2.45) is 0 Å². The van der Waals surface area contributed by atoms with E-state index < -0.39 is 0 Å². The summed E-state index contributed by atoms with van der Waals surface area (Å²) in [6, 6.07) is 0. The van der Waals surface area contributed by atoms with Crippen molar-refractivity contribution in [1.82, 2.24) is 20.2 Å². The number of likely N-dealkylation sites (N-methyl/N-ethyl adjacent to an activating group) is 2. The lowest BCUT2D eigenvalue weighted by Crippen LogP contribution is -2.17. The van der Waals surface area contributed by atoms with E-state index in [9.17, 15) is 9.59 Å². The Morgan fingerprint density at radius 3 is 2.38 bits per heavy atom. The molecule has 4 rings (SSSR count). The summed E-state index contributed by atoms with van der Waals surface area (Å²) >= 11 is 0. The number of carbonyl (C=O) groups is 2. The van der Waals surface area contributed by atoms with Crippen LogP contribution in [-0.4, -0.2) is 60.7 Å². The number of ketones is 2. The molecule has 0 saturated heterocycles. The van der Waals surface area contributed by atoms with Gasteiger partial charge in [0.25, 0.3) is 0 Å². The second-order valence-electron chi connectivity index (χ2n) is 7.76. The lowest BCUT2D eigenvalue weighted by atomic mass is 9.86. The van der Waals surface area contributed by atoms with E-state index in [0.717, 1.165) is 59.6 Å². The first-order chi connectivity index (χ1) is 14.0. The molecular weight excluding hydrogens is 364 g/mol. The van der Waals surface area contributed by atoms with Crippen LogP contribution in [0.3, 0.4) is 0 Å². The fraction of sp³-hybridized carbons (Fsp3) is 0.304. The molecule has 6 nitrogen and oxygen atoms in total. The molecule has 29 heavy (non-hydrogen) atoms. The van der Waals surface area contributed by atoms with Gasteiger partial charge in [0.05, 0.1) is 16.8 Å². The summed E-state index contributed by atoms with van der Waals surface area (Å²) in [7, 11) is 5.93. The predicted octanol–water partition coefficient (Wildman–Crippen LogP) is 2.62. The number of nitrogens with one attached hydrogen (secondary N) is 3. The topological polar surface area (TPSA) is 81.0 Å². The molecule has 2 aromatic rings. The largest absolute Gasteiger partial charge is 0.361 e. The van der Waals surface area contributed by atoms with E-state index in [2.05, 4.69) is 20.2 Å². The Morgan fingerprint density at radius 2 is 1.62 bits per heavy atom. The number of fused-ring (bicyclic) bond motifs is 2. The van der Waals surface area contributed by atoms with Crippen molar-refractivity contribution in [3.63, 3.8) is 0 Å². The summed E-state index contributed by atoms with van der Waals surface area (Å²) in [4.78, 5) is 34.5. The minimum Gasteiger partial charge on any atom is -0.361 e. The number of H-pyrrole nitrogens is 2. The van der Waals surface area contributed by atoms with Gasteiger partial charge >= 0.3 is 0 Å². The molecule has 6 heteroatoms. The Balaban J connectivity index is 1.76. The molecule has 0 aromatic carbocycles. The van der Waals surface area contributed by atoms with Crippen molar-refractivity contribution < 1.29 is 9.59 Å². The molecule has 0 bridgehead atoms. The fourth-order valence-corrected chi connectivity index (χ4v) is 3.98. The van der Waals surface area contributed by atoms with E-state index in [-0.39, 0.29) is 11.6 Å². The van der Waals surface area contributed by atoms with Gasteiger partial charge < -0.3 is 20.2 Å². The Kier molecular flexibility index (Phi) is 5.22. The summed E-state index contributed by atoms with van der Waals surface area (Å²) in [5, 5.41) is 3.13. The first-order valence-electron chi connectivity index (χ1n) is 9.91. The molecule has 2 aliphatic rings. The van der Waals surface area contributed by atoms with Gasteiger partial charge in [-0.25, -0.2) is 0 Å². The average molecular weight is 390 g/mol. The Labute approximate surface area is 170 Å². The first kappa shape index (κ1) is 19.4. The molecule has 0 saturated carbocycles. The van der Waals surface area contributed by atoms with Crippen LogP contribution < -0.4 is 5.32 Å². The number of Topliss-reactive ketones (excluding diaryl/α,β-unsaturated/α-hetero) is 1. The van der Waals surface area contributed by atoms with Gasteiger partial charge in [0.1, 0.15) is 0 Å².